The molecule has 0 aromatic carbocycles. The van der Waals surface area contributed by atoms with E-state index in [-0.39, 0.29) is 6.54 Å². The van der Waals surface area contributed by atoms with Crippen molar-refractivity contribution in [1.29, 1.82) is 0 Å². The van der Waals surface area contributed by atoms with Crippen LogP contribution in [-0.4, -0.2) is 42.3 Å². The van der Waals surface area contributed by atoms with Crippen LogP contribution in [0.3, 0.4) is 0 Å². The van der Waals surface area contributed by atoms with E-state index in [2.05, 4.69) is 9.97 Å². The van der Waals surface area contributed by atoms with E-state index >= 15 is 0 Å². The molecular weight excluding hydrogens is 234 g/mol. The van der Waals surface area contributed by atoms with Crippen molar-refractivity contribution in [2.24, 2.45) is 5.73 Å². The number of halogens is 2. The minimum atomic E-state index is -2.40. The van der Waals surface area contributed by atoms with E-state index in [4.69, 9.17) is 5.73 Å². The Morgan fingerprint density at radius 3 is 2.81 bits per heavy atom. The van der Waals surface area contributed by atoms with Crippen molar-refractivity contribution in [3.05, 3.63) is 12.4 Å². The number of nitrogens with zero attached hydrogens (tertiary/aromatic N) is 3. The summed E-state index contributed by atoms with van der Waals surface area (Å²) in [4.78, 5) is 9.42. The van der Waals surface area contributed by atoms with Crippen molar-refractivity contribution < 1.29 is 8.78 Å². The molecule has 0 aliphatic carbocycles. The smallest absolute Gasteiger partial charge is 0.255 e. The standard InChI is InChI=1S/C9H14F2N4S/c1-16-9-4-8(13-6-14-9)15(3-2-12)5-7(10)11/h4,6-7H,2-3,5,12H2,1H3. The Balaban J connectivity index is 2.82. The van der Waals surface area contributed by atoms with Crippen LogP contribution in [0, 0.1) is 0 Å². The molecule has 1 aromatic heterocycles. The van der Waals surface area contributed by atoms with Gasteiger partial charge in [-0.15, -0.1) is 11.8 Å². The maximum atomic E-state index is 12.3. The zero-order chi connectivity index (χ0) is 12.0. The SMILES string of the molecule is CSc1cc(N(CCN)CC(F)F)ncn1. The van der Waals surface area contributed by atoms with Crippen LogP contribution in [0.5, 0.6) is 0 Å². The van der Waals surface area contributed by atoms with E-state index in [0.717, 1.165) is 5.03 Å². The van der Waals surface area contributed by atoms with E-state index < -0.39 is 6.43 Å². The van der Waals surface area contributed by atoms with Crippen LogP contribution in [0.15, 0.2) is 17.4 Å². The molecule has 0 amide bonds. The van der Waals surface area contributed by atoms with Crippen molar-refractivity contribution in [2.45, 2.75) is 11.5 Å². The summed E-state index contributed by atoms with van der Waals surface area (Å²) in [5, 5.41) is 0.751. The lowest BCUT2D eigenvalue weighted by Crippen LogP contribution is -2.34. The van der Waals surface area contributed by atoms with Crippen molar-refractivity contribution in [2.75, 3.05) is 30.8 Å². The van der Waals surface area contributed by atoms with Gasteiger partial charge in [0, 0.05) is 19.2 Å². The summed E-state index contributed by atoms with van der Waals surface area (Å²) < 4.78 is 24.7. The lowest BCUT2D eigenvalue weighted by Gasteiger charge is -2.22. The van der Waals surface area contributed by atoms with Crippen LogP contribution in [0.25, 0.3) is 0 Å². The Bertz CT molecular complexity index is 324. The van der Waals surface area contributed by atoms with Gasteiger partial charge in [0.25, 0.3) is 6.43 Å². The second kappa shape index (κ2) is 6.59. The highest BCUT2D eigenvalue weighted by Crippen LogP contribution is 2.17. The van der Waals surface area contributed by atoms with Crippen LogP contribution in [0.4, 0.5) is 14.6 Å². The van der Waals surface area contributed by atoms with Crippen LogP contribution in [0.2, 0.25) is 0 Å². The van der Waals surface area contributed by atoms with Gasteiger partial charge >= 0.3 is 0 Å². The molecule has 4 nitrogen and oxygen atoms in total. The topological polar surface area (TPSA) is 55.0 Å². The fourth-order valence-corrected chi connectivity index (χ4v) is 1.61. The van der Waals surface area contributed by atoms with Gasteiger partial charge in [-0.3, -0.25) is 0 Å². The first-order chi connectivity index (χ1) is 7.67. The summed E-state index contributed by atoms with van der Waals surface area (Å²) in [6, 6.07) is 1.68. The molecule has 0 atom stereocenters. The average molecular weight is 248 g/mol. The first-order valence-electron chi connectivity index (χ1n) is 4.76. The van der Waals surface area contributed by atoms with Crippen molar-refractivity contribution in [3.8, 4) is 0 Å². The minimum absolute atomic E-state index is 0.311. The molecule has 2 N–H and O–H groups in total. The monoisotopic (exact) mass is 248 g/mol. The predicted molar refractivity (Wildman–Crippen MR) is 61.1 cm³/mol. The predicted octanol–water partition coefficient (Wildman–Crippen LogP) is 1.23. The fourth-order valence-electron chi connectivity index (χ4n) is 1.24. The van der Waals surface area contributed by atoms with Gasteiger partial charge in [-0.2, -0.15) is 0 Å². The third kappa shape index (κ3) is 3.90. The molecule has 90 valence electrons. The molecule has 0 unspecified atom stereocenters. The highest BCUT2D eigenvalue weighted by molar-refractivity contribution is 7.98. The molecule has 1 aromatic rings. The molecule has 0 spiro atoms. The van der Waals surface area contributed by atoms with Crippen molar-refractivity contribution >= 4 is 17.6 Å². The van der Waals surface area contributed by atoms with E-state index in [1.165, 1.54) is 23.0 Å². The molecule has 1 heterocycles. The molecule has 0 aliphatic heterocycles. The van der Waals surface area contributed by atoms with Crippen LogP contribution in [-0.2, 0) is 0 Å². The van der Waals surface area contributed by atoms with Gasteiger partial charge in [0.05, 0.1) is 6.54 Å². The number of anilines is 1. The van der Waals surface area contributed by atoms with Gasteiger partial charge in [0.1, 0.15) is 17.2 Å². The maximum absolute atomic E-state index is 12.3. The summed E-state index contributed by atoms with van der Waals surface area (Å²) in [7, 11) is 0. The zero-order valence-corrected chi connectivity index (χ0v) is 9.75. The Morgan fingerprint density at radius 2 is 2.25 bits per heavy atom. The van der Waals surface area contributed by atoms with Crippen molar-refractivity contribution in [1.82, 2.24) is 9.97 Å². The number of hydrogen-bond acceptors (Lipinski definition) is 5. The Morgan fingerprint density at radius 1 is 1.50 bits per heavy atom. The molecular formula is C9H14F2N4S. The first-order valence-corrected chi connectivity index (χ1v) is 5.99. The van der Waals surface area contributed by atoms with Crippen molar-refractivity contribution in [3.63, 3.8) is 0 Å². The highest BCUT2D eigenvalue weighted by atomic mass is 32.2. The third-order valence-electron chi connectivity index (χ3n) is 1.92. The summed E-state index contributed by atoms with van der Waals surface area (Å²) in [6.45, 7) is 0.308. The number of thioether (sulfide) groups is 1. The summed E-state index contributed by atoms with van der Waals surface area (Å²) in [5.74, 6) is 0.491. The first kappa shape index (κ1) is 13.1. The van der Waals surface area contributed by atoms with Gasteiger partial charge in [0.2, 0.25) is 0 Å². The summed E-state index contributed by atoms with van der Waals surface area (Å²) in [5.41, 5.74) is 5.38. The Labute approximate surface area is 97.2 Å². The third-order valence-corrected chi connectivity index (χ3v) is 2.56. The minimum Gasteiger partial charge on any atom is -0.349 e. The quantitative estimate of drug-likeness (QED) is 0.606. The lowest BCUT2D eigenvalue weighted by molar-refractivity contribution is 0.154. The van der Waals surface area contributed by atoms with Gasteiger partial charge in [-0.05, 0) is 6.26 Å². The maximum Gasteiger partial charge on any atom is 0.255 e. The molecule has 0 saturated heterocycles. The molecule has 0 saturated carbocycles. The number of alkyl halides is 2. The van der Waals surface area contributed by atoms with E-state index in [0.29, 0.717) is 18.9 Å². The van der Waals surface area contributed by atoms with E-state index in [9.17, 15) is 8.78 Å². The normalized spacial score (nSPS) is 10.8. The second-order valence-electron chi connectivity index (χ2n) is 3.04. The number of hydrogen-bond donors (Lipinski definition) is 1. The van der Waals surface area contributed by atoms with Gasteiger partial charge in [0.15, 0.2) is 0 Å². The Kier molecular flexibility index (Phi) is 5.41. The largest absolute Gasteiger partial charge is 0.349 e. The Hall–Kier alpha value is -0.950. The molecule has 1 rings (SSSR count). The van der Waals surface area contributed by atoms with Crippen LogP contribution in [0.1, 0.15) is 0 Å². The number of rotatable bonds is 6. The van der Waals surface area contributed by atoms with Crippen LogP contribution >= 0.6 is 11.8 Å². The lowest BCUT2D eigenvalue weighted by atomic mass is 10.4. The van der Waals surface area contributed by atoms with Crippen LogP contribution < -0.4 is 10.6 Å². The average Bonchev–Trinajstić information content (AvgIpc) is 2.28. The summed E-state index contributed by atoms with van der Waals surface area (Å²) >= 11 is 1.44. The molecule has 0 aliphatic rings. The second-order valence-corrected chi connectivity index (χ2v) is 3.87. The van der Waals surface area contributed by atoms with Gasteiger partial charge < -0.3 is 10.6 Å². The molecule has 0 radical (unpaired) electrons. The number of nitrogens with two attached hydrogens (primary N) is 1. The summed E-state index contributed by atoms with van der Waals surface area (Å²) in [6.07, 6.45) is 0.835. The number of aromatic nitrogens is 2. The van der Waals surface area contributed by atoms with Gasteiger partial charge in [-0.25, -0.2) is 18.7 Å². The molecule has 16 heavy (non-hydrogen) atoms. The molecule has 0 fully saturated rings. The van der Waals surface area contributed by atoms with Gasteiger partial charge in [-0.1, -0.05) is 0 Å². The zero-order valence-electron chi connectivity index (χ0n) is 8.94. The fraction of sp³-hybridized carbons (Fsp3) is 0.556. The van der Waals surface area contributed by atoms with E-state index in [1.807, 2.05) is 6.26 Å². The van der Waals surface area contributed by atoms with E-state index in [1.54, 1.807) is 6.07 Å². The molecule has 0 bridgehead atoms. The highest BCUT2D eigenvalue weighted by Gasteiger charge is 2.13. The molecule has 7 heteroatoms.